The summed E-state index contributed by atoms with van der Waals surface area (Å²) in [7, 11) is 0. The maximum Gasteiger partial charge on any atom is 0.254 e. The zero-order valence-electron chi connectivity index (χ0n) is 14.3. The highest BCUT2D eigenvalue weighted by atomic mass is 16.5. The molecule has 1 aliphatic rings. The van der Waals surface area contributed by atoms with Gasteiger partial charge in [-0.05, 0) is 20.0 Å². The van der Waals surface area contributed by atoms with Gasteiger partial charge in [0, 0.05) is 32.4 Å². The number of morpholine rings is 1. The van der Waals surface area contributed by atoms with Gasteiger partial charge in [-0.25, -0.2) is 9.97 Å². The van der Waals surface area contributed by atoms with Crippen LogP contribution in [0, 0.1) is 6.92 Å². The molecule has 0 unspecified atom stereocenters. The first kappa shape index (κ1) is 17.6. The molecule has 0 spiro atoms. The molecule has 0 atom stereocenters. The second-order valence-corrected chi connectivity index (χ2v) is 5.55. The van der Waals surface area contributed by atoms with Gasteiger partial charge < -0.3 is 19.9 Å². The molecular weight excluding hydrogens is 294 g/mol. The highest BCUT2D eigenvalue weighted by Gasteiger charge is 2.17. The summed E-state index contributed by atoms with van der Waals surface area (Å²) in [6, 6.07) is 0. The molecule has 0 bridgehead atoms. The van der Waals surface area contributed by atoms with Crippen molar-refractivity contribution >= 4 is 11.9 Å². The number of carbonyl (C=O) groups excluding carboxylic acids is 1. The first-order chi connectivity index (χ1) is 11.2. The molecule has 0 radical (unpaired) electrons. The molecule has 0 saturated carbocycles. The Morgan fingerprint density at radius 2 is 2.04 bits per heavy atom. The molecule has 7 heteroatoms. The van der Waals surface area contributed by atoms with Crippen molar-refractivity contribution < 1.29 is 9.53 Å². The van der Waals surface area contributed by atoms with Crippen LogP contribution in [0.5, 0.6) is 0 Å². The van der Waals surface area contributed by atoms with Crippen LogP contribution in [0.4, 0.5) is 5.95 Å². The summed E-state index contributed by atoms with van der Waals surface area (Å²) < 4.78 is 5.33. The molecule has 7 nitrogen and oxygen atoms in total. The summed E-state index contributed by atoms with van der Waals surface area (Å²) in [6.45, 7) is 12.5. The number of hydrogen-bond donors (Lipinski definition) is 1. The predicted octanol–water partition coefficient (Wildman–Crippen LogP) is 0.693. The highest BCUT2D eigenvalue weighted by molar-refractivity contribution is 5.94. The number of rotatable bonds is 7. The lowest BCUT2D eigenvalue weighted by Gasteiger charge is -2.27. The van der Waals surface area contributed by atoms with Crippen LogP contribution in [0.3, 0.4) is 0 Å². The van der Waals surface area contributed by atoms with Crippen molar-refractivity contribution in [1.29, 1.82) is 0 Å². The largest absolute Gasteiger partial charge is 0.378 e. The molecule has 23 heavy (non-hydrogen) atoms. The van der Waals surface area contributed by atoms with Gasteiger partial charge in [-0.15, -0.1) is 0 Å². The smallest absolute Gasteiger partial charge is 0.254 e. The Morgan fingerprint density at radius 3 is 2.65 bits per heavy atom. The van der Waals surface area contributed by atoms with Crippen molar-refractivity contribution in [2.24, 2.45) is 0 Å². The Hall–Kier alpha value is -1.73. The zero-order valence-corrected chi connectivity index (χ0v) is 14.3. The third-order valence-corrected chi connectivity index (χ3v) is 4.11. The van der Waals surface area contributed by atoms with E-state index in [1.54, 1.807) is 6.20 Å². The fourth-order valence-corrected chi connectivity index (χ4v) is 2.56. The zero-order chi connectivity index (χ0) is 16.7. The Kier molecular flexibility index (Phi) is 6.73. The second kappa shape index (κ2) is 8.79. The molecule has 1 fully saturated rings. The number of carbonyl (C=O) groups is 1. The topological polar surface area (TPSA) is 70.6 Å². The number of nitrogens with zero attached hydrogens (tertiary/aromatic N) is 4. The molecule has 1 N–H and O–H groups in total. The van der Waals surface area contributed by atoms with Crippen molar-refractivity contribution in [3.05, 3.63) is 17.5 Å². The average molecular weight is 321 g/mol. The van der Waals surface area contributed by atoms with Gasteiger partial charge in [-0.2, -0.15) is 0 Å². The van der Waals surface area contributed by atoms with Gasteiger partial charge in [0.25, 0.3) is 5.91 Å². The van der Waals surface area contributed by atoms with E-state index >= 15 is 0 Å². The maximum absolute atomic E-state index is 12.3. The number of amides is 1. The normalized spacial score (nSPS) is 15.0. The third kappa shape index (κ3) is 4.87. The van der Waals surface area contributed by atoms with Gasteiger partial charge >= 0.3 is 0 Å². The van der Waals surface area contributed by atoms with Crippen LogP contribution in [0.25, 0.3) is 0 Å². The molecule has 1 amide bonds. The number of aryl methyl sites for hydroxylation is 1. The van der Waals surface area contributed by atoms with Crippen LogP contribution in [0.15, 0.2) is 6.20 Å². The van der Waals surface area contributed by atoms with Crippen LogP contribution in [0.1, 0.15) is 29.9 Å². The van der Waals surface area contributed by atoms with Crippen LogP contribution in [-0.2, 0) is 4.74 Å². The SMILES string of the molecule is CCN(CC)CCNC(=O)c1cnc(N2CCOCC2)nc1C. The standard InChI is InChI=1S/C16H27N5O2/c1-4-20(5-2)7-6-17-15(22)14-12-18-16(19-13(14)3)21-8-10-23-11-9-21/h12H,4-11H2,1-3H3,(H,17,22). The van der Waals surface area contributed by atoms with Gasteiger partial charge in [-0.1, -0.05) is 13.8 Å². The fraction of sp³-hybridized carbons (Fsp3) is 0.688. The van der Waals surface area contributed by atoms with Gasteiger partial charge in [0.05, 0.1) is 24.5 Å². The average Bonchev–Trinajstić information content (AvgIpc) is 2.59. The number of anilines is 1. The Labute approximate surface area is 138 Å². The van der Waals surface area contributed by atoms with Gasteiger partial charge in [0.2, 0.25) is 5.95 Å². The third-order valence-electron chi connectivity index (χ3n) is 4.11. The summed E-state index contributed by atoms with van der Waals surface area (Å²) in [5.74, 6) is 0.564. The summed E-state index contributed by atoms with van der Waals surface area (Å²) in [5.41, 5.74) is 1.25. The first-order valence-corrected chi connectivity index (χ1v) is 8.32. The van der Waals surface area contributed by atoms with Crippen LogP contribution >= 0.6 is 0 Å². The van der Waals surface area contributed by atoms with E-state index in [1.165, 1.54) is 0 Å². The minimum atomic E-state index is -0.108. The van der Waals surface area contributed by atoms with Gasteiger partial charge in [0.15, 0.2) is 0 Å². The van der Waals surface area contributed by atoms with E-state index < -0.39 is 0 Å². The molecular formula is C16H27N5O2. The maximum atomic E-state index is 12.3. The summed E-state index contributed by atoms with van der Waals surface area (Å²) in [4.78, 5) is 25.4. The number of nitrogens with one attached hydrogen (secondary N) is 1. The van der Waals surface area contributed by atoms with E-state index in [4.69, 9.17) is 4.74 Å². The summed E-state index contributed by atoms with van der Waals surface area (Å²) >= 11 is 0. The highest BCUT2D eigenvalue weighted by Crippen LogP contribution is 2.12. The summed E-state index contributed by atoms with van der Waals surface area (Å²) in [5, 5.41) is 2.94. The lowest BCUT2D eigenvalue weighted by atomic mass is 10.2. The minimum Gasteiger partial charge on any atom is -0.378 e. The van der Waals surface area contributed by atoms with E-state index in [0.29, 0.717) is 37.0 Å². The Morgan fingerprint density at radius 1 is 1.35 bits per heavy atom. The molecule has 2 heterocycles. The van der Waals surface area contributed by atoms with Crippen LogP contribution in [0.2, 0.25) is 0 Å². The quantitative estimate of drug-likeness (QED) is 0.797. The number of likely N-dealkylation sites (N-methyl/N-ethyl adjacent to an activating group) is 1. The van der Waals surface area contributed by atoms with E-state index in [2.05, 4.69) is 38.9 Å². The lowest BCUT2D eigenvalue weighted by Crippen LogP contribution is -2.38. The second-order valence-electron chi connectivity index (χ2n) is 5.55. The Balaban J connectivity index is 1.92. The molecule has 0 aromatic carbocycles. The lowest BCUT2D eigenvalue weighted by molar-refractivity contribution is 0.0947. The van der Waals surface area contributed by atoms with Crippen molar-refractivity contribution in [2.75, 3.05) is 57.4 Å². The fourth-order valence-electron chi connectivity index (χ4n) is 2.56. The van der Waals surface area contributed by atoms with Crippen molar-refractivity contribution in [3.8, 4) is 0 Å². The van der Waals surface area contributed by atoms with E-state index in [-0.39, 0.29) is 5.91 Å². The molecule has 1 aromatic rings. The predicted molar refractivity (Wildman–Crippen MR) is 89.9 cm³/mol. The number of ether oxygens (including phenoxy) is 1. The van der Waals surface area contributed by atoms with Gasteiger partial charge in [-0.3, -0.25) is 4.79 Å². The van der Waals surface area contributed by atoms with Crippen molar-refractivity contribution in [3.63, 3.8) is 0 Å². The molecule has 1 saturated heterocycles. The van der Waals surface area contributed by atoms with Crippen molar-refractivity contribution in [1.82, 2.24) is 20.2 Å². The number of aromatic nitrogens is 2. The monoisotopic (exact) mass is 321 g/mol. The molecule has 2 rings (SSSR count). The molecule has 128 valence electrons. The number of hydrogen-bond acceptors (Lipinski definition) is 6. The van der Waals surface area contributed by atoms with Crippen molar-refractivity contribution in [2.45, 2.75) is 20.8 Å². The van der Waals surface area contributed by atoms with Crippen LogP contribution < -0.4 is 10.2 Å². The minimum absolute atomic E-state index is 0.108. The Bertz CT molecular complexity index is 513. The van der Waals surface area contributed by atoms with E-state index in [1.807, 2.05) is 6.92 Å². The molecule has 0 aliphatic carbocycles. The first-order valence-electron chi connectivity index (χ1n) is 8.32. The molecule has 1 aromatic heterocycles. The van der Waals surface area contributed by atoms with E-state index in [9.17, 15) is 4.79 Å². The van der Waals surface area contributed by atoms with Crippen LogP contribution in [-0.4, -0.2) is 73.3 Å². The molecule has 1 aliphatic heterocycles. The van der Waals surface area contributed by atoms with Gasteiger partial charge in [0.1, 0.15) is 0 Å². The summed E-state index contributed by atoms with van der Waals surface area (Å²) in [6.07, 6.45) is 1.62. The van der Waals surface area contributed by atoms with E-state index in [0.717, 1.165) is 32.7 Å².